The van der Waals surface area contributed by atoms with Crippen molar-refractivity contribution in [3.05, 3.63) is 69.8 Å². The number of anilines is 2. The molecule has 3 aromatic rings. The van der Waals surface area contributed by atoms with E-state index in [1.807, 2.05) is 9.62 Å². The molecule has 176 valence electrons. The van der Waals surface area contributed by atoms with Crippen LogP contribution in [0.3, 0.4) is 0 Å². The van der Waals surface area contributed by atoms with Crippen LogP contribution in [-0.2, 0) is 23.1 Å². The molecule has 0 unspecified atom stereocenters. The second-order valence-corrected chi connectivity index (χ2v) is 9.94. The summed E-state index contributed by atoms with van der Waals surface area (Å²) in [7, 11) is -4.54. The van der Waals surface area contributed by atoms with E-state index in [-0.39, 0.29) is 30.2 Å². The number of thiazole rings is 1. The monoisotopic (exact) mass is 500 g/mol. The molecule has 33 heavy (non-hydrogen) atoms. The van der Waals surface area contributed by atoms with Gasteiger partial charge in [-0.05, 0) is 30.2 Å². The van der Waals surface area contributed by atoms with E-state index < -0.39 is 38.5 Å². The molecule has 0 saturated carbocycles. The highest BCUT2D eigenvalue weighted by molar-refractivity contribution is 7.92. The molecule has 1 aliphatic rings. The van der Waals surface area contributed by atoms with E-state index in [9.17, 15) is 26.0 Å². The van der Waals surface area contributed by atoms with Crippen LogP contribution in [0.15, 0.2) is 46.1 Å². The van der Waals surface area contributed by atoms with Gasteiger partial charge in [-0.3, -0.25) is 9.62 Å². The van der Waals surface area contributed by atoms with Crippen molar-refractivity contribution in [3.63, 3.8) is 0 Å². The number of sulfonamides is 1. The molecular weight excluding hydrogens is 480 g/mol. The molecule has 1 aromatic heterocycles. The number of alkyl halides is 1. The first-order valence-electron chi connectivity index (χ1n) is 9.99. The molecule has 6 nitrogen and oxygen atoms in total. The highest BCUT2D eigenvalue weighted by Crippen LogP contribution is 2.27. The van der Waals surface area contributed by atoms with Gasteiger partial charge in [-0.15, -0.1) is 11.3 Å². The van der Waals surface area contributed by atoms with Crippen LogP contribution < -0.4 is 10.0 Å². The van der Waals surface area contributed by atoms with Gasteiger partial charge in [0.1, 0.15) is 23.6 Å². The number of nitrogens with one attached hydrogen (secondary N) is 2. The second-order valence-electron chi connectivity index (χ2n) is 7.60. The maximum absolute atomic E-state index is 14.6. The number of nitrogens with zero attached hydrogens (tertiary/aromatic N) is 2. The topological polar surface area (TPSA) is 74.3 Å². The standard InChI is InChI=1S/C21H20F4N4O2S2/c22-14-4-5-29(10-14)9-13-2-1-3-17(23)16(13)8-26-15-6-18(24)21(19(25)7-15)33(30,31)28-20-11-32-12-27-20/h1-3,6-7,11-12,14,26,28H,4-5,8-10H2/t14-/m1/s1. The van der Waals surface area contributed by atoms with Gasteiger partial charge in [-0.1, -0.05) is 12.1 Å². The third-order valence-corrected chi connectivity index (χ3v) is 7.22. The van der Waals surface area contributed by atoms with Crippen molar-refractivity contribution < 1.29 is 26.0 Å². The summed E-state index contributed by atoms with van der Waals surface area (Å²) < 4.78 is 83.9. The fourth-order valence-electron chi connectivity index (χ4n) is 3.68. The van der Waals surface area contributed by atoms with Crippen molar-refractivity contribution in [1.29, 1.82) is 0 Å². The summed E-state index contributed by atoms with van der Waals surface area (Å²) in [6.45, 7) is 1.07. The van der Waals surface area contributed by atoms with Crippen LogP contribution in [0.1, 0.15) is 17.5 Å². The predicted molar refractivity (Wildman–Crippen MR) is 118 cm³/mol. The van der Waals surface area contributed by atoms with E-state index in [0.717, 1.165) is 23.5 Å². The third kappa shape index (κ3) is 5.45. The molecule has 2 heterocycles. The largest absolute Gasteiger partial charge is 0.381 e. The molecule has 2 aromatic carbocycles. The van der Waals surface area contributed by atoms with Crippen molar-refractivity contribution in [3.8, 4) is 0 Å². The Labute approximate surface area is 192 Å². The molecule has 0 bridgehead atoms. The maximum atomic E-state index is 14.6. The number of hydrogen-bond acceptors (Lipinski definition) is 6. The summed E-state index contributed by atoms with van der Waals surface area (Å²) in [4.78, 5) is 4.47. The number of rotatable bonds is 8. The summed E-state index contributed by atoms with van der Waals surface area (Å²) >= 11 is 1.12. The lowest BCUT2D eigenvalue weighted by Crippen LogP contribution is -2.22. The number of hydrogen-bond donors (Lipinski definition) is 2. The molecule has 2 N–H and O–H groups in total. The lowest BCUT2D eigenvalue weighted by Gasteiger charge is -2.19. The Morgan fingerprint density at radius 3 is 2.55 bits per heavy atom. The van der Waals surface area contributed by atoms with Crippen LogP contribution in [0, 0.1) is 17.5 Å². The van der Waals surface area contributed by atoms with Crippen LogP contribution in [0.2, 0.25) is 0 Å². The fraction of sp³-hybridized carbons (Fsp3) is 0.286. The summed E-state index contributed by atoms with van der Waals surface area (Å²) in [5.41, 5.74) is 2.22. The van der Waals surface area contributed by atoms with E-state index in [4.69, 9.17) is 0 Å². The average molecular weight is 501 g/mol. The maximum Gasteiger partial charge on any atom is 0.268 e. The van der Waals surface area contributed by atoms with E-state index in [2.05, 4.69) is 10.3 Å². The van der Waals surface area contributed by atoms with Crippen molar-refractivity contribution in [2.75, 3.05) is 23.1 Å². The SMILES string of the molecule is O=S(=O)(Nc1cscn1)c1c(F)cc(NCc2c(F)cccc2CN2CC[C@@H](F)C2)cc1F. The molecule has 1 saturated heterocycles. The summed E-state index contributed by atoms with van der Waals surface area (Å²) in [6.07, 6.45) is -0.487. The highest BCUT2D eigenvalue weighted by Gasteiger charge is 2.26. The average Bonchev–Trinajstić information content (AvgIpc) is 3.38. The van der Waals surface area contributed by atoms with Gasteiger partial charge in [0.05, 0.1) is 5.51 Å². The molecule has 1 fully saturated rings. The van der Waals surface area contributed by atoms with Crippen molar-refractivity contribution in [2.24, 2.45) is 0 Å². The highest BCUT2D eigenvalue weighted by atomic mass is 32.2. The first-order chi connectivity index (χ1) is 15.7. The van der Waals surface area contributed by atoms with Gasteiger partial charge in [0.2, 0.25) is 0 Å². The van der Waals surface area contributed by atoms with Gasteiger partial charge in [0.25, 0.3) is 10.0 Å². The molecule has 0 radical (unpaired) electrons. The summed E-state index contributed by atoms with van der Waals surface area (Å²) in [5, 5.41) is 4.12. The molecule has 12 heteroatoms. The van der Waals surface area contributed by atoms with Crippen molar-refractivity contribution in [1.82, 2.24) is 9.88 Å². The summed E-state index contributed by atoms with van der Waals surface area (Å²) in [6, 6.07) is 6.18. The van der Waals surface area contributed by atoms with Crippen molar-refractivity contribution in [2.45, 2.75) is 30.6 Å². The Balaban J connectivity index is 1.52. The Kier molecular flexibility index (Phi) is 6.86. The Morgan fingerprint density at radius 1 is 1.15 bits per heavy atom. The first-order valence-corrected chi connectivity index (χ1v) is 12.4. The number of aromatic nitrogens is 1. The smallest absolute Gasteiger partial charge is 0.268 e. The summed E-state index contributed by atoms with van der Waals surface area (Å²) in [5.74, 6) is -3.17. The quantitative estimate of drug-likeness (QED) is 0.445. The van der Waals surface area contributed by atoms with E-state index in [1.54, 1.807) is 12.1 Å². The normalized spacial score (nSPS) is 16.8. The second kappa shape index (κ2) is 9.65. The van der Waals surface area contributed by atoms with Gasteiger partial charge < -0.3 is 5.32 Å². The molecule has 1 aliphatic heterocycles. The minimum absolute atomic E-state index is 0.0508. The Hall–Kier alpha value is -2.70. The first kappa shape index (κ1) is 23.5. The zero-order valence-corrected chi connectivity index (χ0v) is 18.8. The van der Waals surface area contributed by atoms with Crippen LogP contribution in [0.25, 0.3) is 0 Å². The third-order valence-electron chi connectivity index (χ3n) is 5.23. The molecule has 4 rings (SSSR count). The zero-order chi connectivity index (χ0) is 23.6. The van der Waals surface area contributed by atoms with Gasteiger partial charge in [0.15, 0.2) is 10.7 Å². The van der Waals surface area contributed by atoms with Crippen LogP contribution in [-0.4, -0.2) is 37.6 Å². The number of likely N-dealkylation sites (tertiary alicyclic amines) is 1. The van der Waals surface area contributed by atoms with Gasteiger partial charge in [-0.25, -0.2) is 31.0 Å². The van der Waals surface area contributed by atoms with E-state index in [0.29, 0.717) is 25.1 Å². The van der Waals surface area contributed by atoms with Crippen LogP contribution >= 0.6 is 11.3 Å². The molecule has 0 amide bonds. The van der Waals surface area contributed by atoms with Gasteiger partial charge in [0, 0.05) is 42.8 Å². The molecule has 0 aliphatic carbocycles. The minimum Gasteiger partial charge on any atom is -0.381 e. The van der Waals surface area contributed by atoms with Crippen LogP contribution in [0.4, 0.5) is 29.1 Å². The van der Waals surface area contributed by atoms with E-state index >= 15 is 0 Å². The Morgan fingerprint density at radius 2 is 1.91 bits per heavy atom. The predicted octanol–water partition coefficient (Wildman–Crippen LogP) is 4.52. The zero-order valence-electron chi connectivity index (χ0n) is 17.2. The molecule has 1 atom stereocenters. The minimum atomic E-state index is -4.54. The van der Waals surface area contributed by atoms with Gasteiger partial charge in [-0.2, -0.15) is 0 Å². The van der Waals surface area contributed by atoms with Crippen molar-refractivity contribution >= 4 is 32.9 Å². The van der Waals surface area contributed by atoms with Gasteiger partial charge >= 0.3 is 0 Å². The number of halogens is 4. The fourth-order valence-corrected chi connectivity index (χ4v) is 5.36. The Bertz CT molecular complexity index is 1220. The lowest BCUT2D eigenvalue weighted by molar-refractivity contribution is 0.281. The molecular formula is C21H20F4N4O2S2. The lowest BCUT2D eigenvalue weighted by atomic mass is 10.1. The van der Waals surface area contributed by atoms with E-state index in [1.165, 1.54) is 17.0 Å². The van der Waals surface area contributed by atoms with Crippen LogP contribution in [0.5, 0.6) is 0 Å². The number of benzene rings is 2. The molecule has 0 spiro atoms.